The Labute approximate surface area is 165 Å². The Bertz CT molecular complexity index is 1410. The highest BCUT2D eigenvalue weighted by atomic mass is 32.1. The van der Waals surface area contributed by atoms with Crippen molar-refractivity contribution in [2.45, 2.75) is 13.1 Å². The molecule has 0 spiro atoms. The maximum absolute atomic E-state index is 13.1. The molecule has 1 aromatic carbocycles. The molecule has 0 N–H and O–H groups in total. The summed E-state index contributed by atoms with van der Waals surface area (Å²) in [4.78, 5) is 13.1. The Kier molecular flexibility index (Phi) is 3.75. The number of halogens is 3. The van der Waals surface area contributed by atoms with Gasteiger partial charge in [0, 0.05) is 10.9 Å². The summed E-state index contributed by atoms with van der Waals surface area (Å²) in [5.41, 5.74) is 1.40. The molecule has 0 amide bonds. The molecule has 0 bridgehead atoms. The van der Waals surface area contributed by atoms with Crippen LogP contribution in [0.1, 0.15) is 11.3 Å². The Morgan fingerprint density at radius 3 is 2.72 bits per heavy atom. The van der Waals surface area contributed by atoms with Crippen molar-refractivity contribution in [3.63, 3.8) is 0 Å². The van der Waals surface area contributed by atoms with Crippen LogP contribution in [0.25, 0.3) is 37.5 Å². The number of pyridine rings is 1. The number of alkyl halides is 3. The quantitative estimate of drug-likeness (QED) is 0.411. The van der Waals surface area contributed by atoms with Crippen LogP contribution in [-0.2, 0) is 6.18 Å². The molecule has 0 unspecified atom stereocenters. The molecule has 10 heteroatoms. The maximum Gasteiger partial charge on any atom is 0.433 e. The van der Waals surface area contributed by atoms with Crippen LogP contribution in [0, 0.1) is 6.92 Å². The van der Waals surface area contributed by atoms with Crippen molar-refractivity contribution in [1.82, 2.24) is 24.6 Å². The van der Waals surface area contributed by atoms with Crippen LogP contribution < -0.4 is 4.74 Å². The first-order valence-electron chi connectivity index (χ1n) is 8.52. The van der Waals surface area contributed by atoms with E-state index in [1.807, 2.05) is 24.3 Å². The molecular formula is C19H12F3N5OS. The van der Waals surface area contributed by atoms with Gasteiger partial charge in [0.1, 0.15) is 27.3 Å². The van der Waals surface area contributed by atoms with E-state index >= 15 is 0 Å². The summed E-state index contributed by atoms with van der Waals surface area (Å²) in [5, 5.41) is 5.05. The fourth-order valence-electron chi connectivity index (χ4n) is 3.24. The first-order valence-corrected chi connectivity index (χ1v) is 9.33. The van der Waals surface area contributed by atoms with Crippen LogP contribution in [-0.4, -0.2) is 31.7 Å². The minimum absolute atomic E-state index is 0.277. The Hall–Kier alpha value is -3.27. The smallest absolute Gasteiger partial charge is 0.433 e. The minimum atomic E-state index is -4.51. The molecular weight excluding hydrogens is 403 g/mol. The third-order valence-electron chi connectivity index (χ3n) is 4.58. The monoisotopic (exact) mass is 415 g/mol. The maximum atomic E-state index is 13.1. The Morgan fingerprint density at radius 1 is 1.14 bits per heavy atom. The number of rotatable bonds is 2. The molecule has 5 rings (SSSR count). The van der Waals surface area contributed by atoms with Gasteiger partial charge in [-0.2, -0.15) is 13.2 Å². The van der Waals surface area contributed by atoms with Gasteiger partial charge < -0.3 is 4.74 Å². The minimum Gasteiger partial charge on any atom is -0.497 e. The van der Waals surface area contributed by atoms with Gasteiger partial charge in [0.05, 0.1) is 12.6 Å². The fraction of sp³-hybridized carbons (Fsp3) is 0.158. The number of ether oxygens (including phenoxy) is 1. The first-order chi connectivity index (χ1) is 13.8. The van der Waals surface area contributed by atoms with Crippen molar-refractivity contribution in [2.75, 3.05) is 7.11 Å². The zero-order valence-electron chi connectivity index (χ0n) is 15.2. The van der Waals surface area contributed by atoms with Gasteiger partial charge in [0.15, 0.2) is 11.5 Å². The van der Waals surface area contributed by atoms with Crippen LogP contribution in [0.2, 0.25) is 0 Å². The van der Waals surface area contributed by atoms with Crippen molar-refractivity contribution in [1.29, 1.82) is 0 Å². The molecule has 4 aromatic heterocycles. The fourth-order valence-corrected chi connectivity index (χ4v) is 4.42. The average Bonchev–Trinajstić information content (AvgIpc) is 3.28. The summed E-state index contributed by atoms with van der Waals surface area (Å²) in [5.74, 6) is 1.14. The van der Waals surface area contributed by atoms with E-state index in [-0.39, 0.29) is 4.83 Å². The van der Waals surface area contributed by atoms with Gasteiger partial charge in [-0.05, 0) is 30.7 Å². The summed E-state index contributed by atoms with van der Waals surface area (Å²) in [6.45, 7) is 1.63. The number of benzene rings is 1. The van der Waals surface area contributed by atoms with E-state index in [9.17, 15) is 13.2 Å². The van der Waals surface area contributed by atoms with E-state index in [1.165, 1.54) is 10.8 Å². The molecule has 0 aliphatic rings. The first kappa shape index (κ1) is 17.8. The van der Waals surface area contributed by atoms with E-state index < -0.39 is 11.9 Å². The second-order valence-corrected chi connectivity index (χ2v) is 7.46. The zero-order valence-corrected chi connectivity index (χ0v) is 16.0. The predicted octanol–water partition coefficient (Wildman–Crippen LogP) is 4.89. The van der Waals surface area contributed by atoms with Crippen LogP contribution in [0.15, 0.2) is 36.7 Å². The van der Waals surface area contributed by atoms with Gasteiger partial charge >= 0.3 is 6.18 Å². The normalized spacial score (nSPS) is 12.3. The number of thiophene rings is 1. The number of nitrogens with zero attached hydrogens (tertiary/aromatic N) is 5. The lowest BCUT2D eigenvalue weighted by molar-refractivity contribution is -0.141. The molecule has 0 saturated carbocycles. The highest BCUT2D eigenvalue weighted by Gasteiger charge is 2.33. The molecule has 4 heterocycles. The second kappa shape index (κ2) is 6.11. The molecule has 0 fully saturated rings. The lowest BCUT2D eigenvalue weighted by atomic mass is 10.1. The summed E-state index contributed by atoms with van der Waals surface area (Å²) in [6, 6.07) is 8.36. The van der Waals surface area contributed by atoms with Gasteiger partial charge in [-0.15, -0.1) is 16.4 Å². The van der Waals surface area contributed by atoms with Crippen LogP contribution in [0.3, 0.4) is 0 Å². The lowest BCUT2D eigenvalue weighted by Crippen LogP contribution is -2.07. The van der Waals surface area contributed by atoms with Gasteiger partial charge in [0.25, 0.3) is 0 Å². The van der Waals surface area contributed by atoms with Crippen molar-refractivity contribution in [3.05, 3.63) is 47.9 Å². The SMILES string of the molecule is COc1cccc(-c2nc3c4sc5nc(C(F)(F)F)cc(C)c5c4ncn3n2)c1. The molecule has 0 aliphatic carbocycles. The van der Waals surface area contributed by atoms with Crippen LogP contribution in [0.4, 0.5) is 13.2 Å². The molecule has 0 radical (unpaired) electrons. The van der Waals surface area contributed by atoms with Crippen molar-refractivity contribution in [2.24, 2.45) is 0 Å². The average molecular weight is 415 g/mol. The van der Waals surface area contributed by atoms with E-state index in [2.05, 4.69) is 20.1 Å². The number of methoxy groups -OCH3 is 1. The van der Waals surface area contributed by atoms with Gasteiger partial charge in [-0.1, -0.05) is 12.1 Å². The van der Waals surface area contributed by atoms with Gasteiger partial charge in [0.2, 0.25) is 0 Å². The van der Waals surface area contributed by atoms with Crippen molar-refractivity contribution in [3.8, 4) is 17.1 Å². The van der Waals surface area contributed by atoms with Gasteiger partial charge in [-0.3, -0.25) is 0 Å². The second-order valence-electron chi connectivity index (χ2n) is 6.46. The lowest BCUT2D eigenvalue weighted by Gasteiger charge is -2.06. The highest BCUT2D eigenvalue weighted by molar-refractivity contribution is 7.26. The van der Waals surface area contributed by atoms with E-state index in [1.54, 1.807) is 14.0 Å². The Morgan fingerprint density at radius 2 is 1.97 bits per heavy atom. The van der Waals surface area contributed by atoms with E-state index in [0.29, 0.717) is 38.4 Å². The van der Waals surface area contributed by atoms with Crippen LogP contribution in [0.5, 0.6) is 5.75 Å². The van der Waals surface area contributed by atoms with Crippen LogP contribution >= 0.6 is 11.3 Å². The summed E-state index contributed by atoms with van der Waals surface area (Å²) in [6.07, 6.45) is -3.00. The number of fused-ring (bicyclic) bond motifs is 5. The zero-order chi connectivity index (χ0) is 20.3. The Balaban J connectivity index is 1.77. The van der Waals surface area contributed by atoms with Gasteiger partial charge in [-0.25, -0.2) is 19.5 Å². The third kappa shape index (κ3) is 2.79. The van der Waals surface area contributed by atoms with Crippen molar-refractivity contribution < 1.29 is 17.9 Å². The summed E-state index contributed by atoms with van der Waals surface area (Å²) in [7, 11) is 1.57. The number of hydrogen-bond donors (Lipinski definition) is 0. The highest BCUT2D eigenvalue weighted by Crippen LogP contribution is 2.38. The molecule has 5 aromatic rings. The number of hydrogen-bond acceptors (Lipinski definition) is 6. The van der Waals surface area contributed by atoms with Crippen molar-refractivity contribution >= 4 is 37.4 Å². The van der Waals surface area contributed by atoms with E-state index in [0.717, 1.165) is 23.0 Å². The topological polar surface area (TPSA) is 65.2 Å². The predicted molar refractivity (Wildman–Crippen MR) is 103 cm³/mol. The largest absolute Gasteiger partial charge is 0.497 e. The molecule has 0 aliphatic heterocycles. The summed E-state index contributed by atoms with van der Waals surface area (Å²) >= 11 is 1.13. The molecule has 146 valence electrons. The standard InChI is InChI=1S/C19H12F3N5OS/c1-9-6-12(19(20,21)22)24-18-13(9)14-15(29-18)17-25-16(26-27(17)8-23-14)10-4-3-5-11(7-10)28-2/h3-8H,1-2H3. The molecule has 0 saturated heterocycles. The summed E-state index contributed by atoms with van der Waals surface area (Å²) < 4.78 is 46.8. The third-order valence-corrected chi connectivity index (χ3v) is 5.65. The number of aryl methyl sites for hydroxylation is 1. The molecule has 29 heavy (non-hydrogen) atoms. The molecule has 0 atom stereocenters. The molecule has 6 nitrogen and oxygen atoms in total. The number of aromatic nitrogens is 5. The van der Waals surface area contributed by atoms with E-state index in [4.69, 9.17) is 4.74 Å².